The second-order valence-corrected chi connectivity index (χ2v) is 6.42. The van der Waals surface area contributed by atoms with E-state index in [4.69, 9.17) is 0 Å². The van der Waals surface area contributed by atoms with Crippen molar-refractivity contribution in [3.05, 3.63) is 58.9 Å². The summed E-state index contributed by atoms with van der Waals surface area (Å²) < 4.78 is 13.6. The lowest BCUT2D eigenvalue weighted by atomic mass is 10.1. The lowest BCUT2D eigenvalue weighted by Crippen LogP contribution is -2.18. The fourth-order valence-corrected chi connectivity index (χ4v) is 3.39. The summed E-state index contributed by atoms with van der Waals surface area (Å²) in [6.45, 7) is 9.23. The second kappa shape index (κ2) is 7.10. The van der Waals surface area contributed by atoms with E-state index < -0.39 is 0 Å². The van der Waals surface area contributed by atoms with Crippen LogP contribution in [0.4, 0.5) is 4.39 Å². The average Bonchev–Trinajstić information content (AvgIpc) is 2.45. The van der Waals surface area contributed by atoms with E-state index in [1.165, 1.54) is 22.1 Å². The van der Waals surface area contributed by atoms with E-state index in [1.807, 2.05) is 6.07 Å². The molecule has 0 aliphatic carbocycles. The van der Waals surface area contributed by atoms with Crippen molar-refractivity contribution in [2.24, 2.45) is 0 Å². The normalized spacial score (nSPS) is 12.4. The maximum atomic E-state index is 13.6. The van der Waals surface area contributed by atoms with Crippen LogP contribution < -0.4 is 5.32 Å². The minimum atomic E-state index is -0.181. The molecule has 112 valence electrons. The molecule has 2 aromatic carbocycles. The maximum Gasteiger partial charge on any atom is 0.123 e. The van der Waals surface area contributed by atoms with Crippen molar-refractivity contribution in [1.82, 2.24) is 5.32 Å². The first-order valence-electron chi connectivity index (χ1n) is 7.29. The molecular weight excluding hydrogens is 281 g/mol. The van der Waals surface area contributed by atoms with Crippen LogP contribution in [0.25, 0.3) is 0 Å². The molecule has 1 N–H and O–H groups in total. The van der Waals surface area contributed by atoms with Crippen molar-refractivity contribution < 1.29 is 4.39 Å². The number of aryl methyl sites for hydroxylation is 2. The Labute approximate surface area is 131 Å². The highest BCUT2D eigenvalue weighted by Crippen LogP contribution is 2.34. The monoisotopic (exact) mass is 303 g/mol. The molecular formula is C18H22FNS. The molecule has 0 saturated heterocycles. The number of nitrogens with one attached hydrogen (secondary N) is 1. The highest BCUT2D eigenvalue weighted by atomic mass is 32.2. The SMILES string of the molecule is CCNC(C)c1cc(F)ccc1Sc1ccc(C)c(C)c1. The summed E-state index contributed by atoms with van der Waals surface area (Å²) >= 11 is 1.69. The topological polar surface area (TPSA) is 12.0 Å². The third-order valence-corrected chi connectivity index (χ3v) is 4.74. The summed E-state index contributed by atoms with van der Waals surface area (Å²) in [6.07, 6.45) is 0. The van der Waals surface area contributed by atoms with Crippen molar-refractivity contribution >= 4 is 11.8 Å². The van der Waals surface area contributed by atoms with Gasteiger partial charge in [0.2, 0.25) is 0 Å². The lowest BCUT2D eigenvalue weighted by molar-refractivity contribution is 0.574. The summed E-state index contributed by atoms with van der Waals surface area (Å²) in [5.74, 6) is -0.181. The van der Waals surface area contributed by atoms with Crippen LogP contribution in [0.3, 0.4) is 0 Å². The van der Waals surface area contributed by atoms with Crippen LogP contribution in [0, 0.1) is 19.7 Å². The smallest absolute Gasteiger partial charge is 0.123 e. The summed E-state index contributed by atoms with van der Waals surface area (Å²) in [5.41, 5.74) is 3.59. The molecule has 1 unspecified atom stereocenters. The Bertz CT molecular complexity index is 625. The number of benzene rings is 2. The Morgan fingerprint density at radius 3 is 2.52 bits per heavy atom. The predicted octanol–water partition coefficient (Wildman–Crippen LogP) is 5.26. The summed E-state index contributed by atoms with van der Waals surface area (Å²) in [4.78, 5) is 2.29. The zero-order valence-electron chi connectivity index (χ0n) is 13.0. The molecule has 0 heterocycles. The van der Waals surface area contributed by atoms with E-state index in [2.05, 4.69) is 51.2 Å². The van der Waals surface area contributed by atoms with Crippen molar-refractivity contribution in [2.75, 3.05) is 6.54 Å². The fraction of sp³-hybridized carbons (Fsp3) is 0.333. The molecule has 3 heteroatoms. The van der Waals surface area contributed by atoms with Gasteiger partial charge in [-0.1, -0.05) is 24.8 Å². The number of hydrogen-bond donors (Lipinski definition) is 1. The number of halogens is 1. The van der Waals surface area contributed by atoms with Gasteiger partial charge in [-0.25, -0.2) is 4.39 Å². The van der Waals surface area contributed by atoms with Gasteiger partial charge in [-0.05, 0) is 74.3 Å². The van der Waals surface area contributed by atoms with Gasteiger partial charge < -0.3 is 5.32 Å². The Kier molecular flexibility index (Phi) is 5.43. The van der Waals surface area contributed by atoms with Crippen LogP contribution in [-0.4, -0.2) is 6.54 Å². The summed E-state index contributed by atoms with van der Waals surface area (Å²) in [6, 6.07) is 11.6. The zero-order valence-corrected chi connectivity index (χ0v) is 13.9. The first kappa shape index (κ1) is 16.1. The van der Waals surface area contributed by atoms with Gasteiger partial charge in [-0.2, -0.15) is 0 Å². The van der Waals surface area contributed by atoms with E-state index in [9.17, 15) is 4.39 Å². The van der Waals surface area contributed by atoms with E-state index >= 15 is 0 Å². The predicted molar refractivity (Wildman–Crippen MR) is 88.5 cm³/mol. The number of hydrogen-bond acceptors (Lipinski definition) is 2. The van der Waals surface area contributed by atoms with Crippen molar-refractivity contribution in [2.45, 2.75) is 43.5 Å². The van der Waals surface area contributed by atoms with Crippen LogP contribution in [0.15, 0.2) is 46.2 Å². The molecule has 2 rings (SSSR count). The number of rotatable bonds is 5. The Morgan fingerprint density at radius 2 is 1.86 bits per heavy atom. The third-order valence-electron chi connectivity index (χ3n) is 3.65. The van der Waals surface area contributed by atoms with Gasteiger partial charge in [-0.3, -0.25) is 0 Å². The molecule has 0 saturated carbocycles. The van der Waals surface area contributed by atoms with E-state index in [0.717, 1.165) is 17.0 Å². The fourth-order valence-electron chi connectivity index (χ4n) is 2.27. The summed E-state index contributed by atoms with van der Waals surface area (Å²) in [7, 11) is 0. The Balaban J connectivity index is 2.32. The highest BCUT2D eigenvalue weighted by Gasteiger charge is 2.12. The molecule has 21 heavy (non-hydrogen) atoms. The van der Waals surface area contributed by atoms with Gasteiger partial charge in [0, 0.05) is 15.8 Å². The molecule has 0 amide bonds. The molecule has 1 nitrogen and oxygen atoms in total. The molecule has 2 aromatic rings. The van der Waals surface area contributed by atoms with Gasteiger partial charge in [0.1, 0.15) is 5.82 Å². The molecule has 1 atom stereocenters. The maximum absolute atomic E-state index is 13.6. The van der Waals surface area contributed by atoms with Crippen LogP contribution in [0.5, 0.6) is 0 Å². The third kappa shape index (κ3) is 4.08. The standard InChI is InChI=1S/C18H22FNS/c1-5-20-14(4)17-11-15(19)7-9-18(17)21-16-8-6-12(2)13(3)10-16/h6-11,14,20H,5H2,1-4H3. The van der Waals surface area contributed by atoms with E-state index in [0.29, 0.717) is 0 Å². The quantitative estimate of drug-likeness (QED) is 0.808. The minimum absolute atomic E-state index is 0.139. The van der Waals surface area contributed by atoms with Gasteiger partial charge in [0.05, 0.1) is 0 Å². The van der Waals surface area contributed by atoms with E-state index in [-0.39, 0.29) is 11.9 Å². The summed E-state index contributed by atoms with van der Waals surface area (Å²) in [5, 5.41) is 3.36. The molecule has 0 radical (unpaired) electrons. The molecule has 0 aliphatic heterocycles. The molecule has 0 bridgehead atoms. The minimum Gasteiger partial charge on any atom is -0.310 e. The first-order chi connectivity index (χ1) is 10.0. The second-order valence-electron chi connectivity index (χ2n) is 5.31. The largest absolute Gasteiger partial charge is 0.310 e. The van der Waals surface area contributed by atoms with Crippen LogP contribution in [0.2, 0.25) is 0 Å². The van der Waals surface area contributed by atoms with Gasteiger partial charge in [-0.15, -0.1) is 0 Å². The molecule has 0 fully saturated rings. The Hall–Kier alpha value is -1.32. The molecule has 0 aromatic heterocycles. The highest BCUT2D eigenvalue weighted by molar-refractivity contribution is 7.99. The van der Waals surface area contributed by atoms with E-state index in [1.54, 1.807) is 17.8 Å². The zero-order chi connectivity index (χ0) is 15.4. The van der Waals surface area contributed by atoms with Gasteiger partial charge in [0.25, 0.3) is 0 Å². The molecule has 0 aliphatic rings. The van der Waals surface area contributed by atoms with Crippen LogP contribution in [0.1, 0.15) is 36.6 Å². The van der Waals surface area contributed by atoms with Crippen molar-refractivity contribution in [3.8, 4) is 0 Å². The van der Waals surface area contributed by atoms with Crippen LogP contribution >= 0.6 is 11.8 Å². The average molecular weight is 303 g/mol. The van der Waals surface area contributed by atoms with Crippen molar-refractivity contribution in [3.63, 3.8) is 0 Å². The lowest BCUT2D eigenvalue weighted by Gasteiger charge is -2.17. The first-order valence-corrected chi connectivity index (χ1v) is 8.11. The molecule has 0 spiro atoms. The van der Waals surface area contributed by atoms with Gasteiger partial charge >= 0.3 is 0 Å². The van der Waals surface area contributed by atoms with Crippen molar-refractivity contribution in [1.29, 1.82) is 0 Å². The Morgan fingerprint density at radius 1 is 1.10 bits per heavy atom. The van der Waals surface area contributed by atoms with Crippen LogP contribution in [-0.2, 0) is 0 Å². The van der Waals surface area contributed by atoms with Gasteiger partial charge in [0.15, 0.2) is 0 Å².